The number of allylic oxidation sites excluding steroid dienone is 3. The SMILES string of the molecule is C=Cc1c(/C=C\C)oc2c(C/C=C(/C)C=N)cccc12. The fourth-order valence-electron chi connectivity index (χ4n) is 2.19. The highest BCUT2D eigenvalue weighted by atomic mass is 16.3. The number of fused-ring (bicyclic) bond motifs is 1. The average Bonchev–Trinajstić information content (AvgIpc) is 2.82. The van der Waals surface area contributed by atoms with Crippen molar-refractivity contribution in [2.45, 2.75) is 20.3 Å². The average molecular weight is 265 g/mol. The molecule has 2 aromatic rings. The van der Waals surface area contributed by atoms with Crippen LogP contribution in [0.1, 0.15) is 30.7 Å². The van der Waals surface area contributed by atoms with Crippen molar-refractivity contribution < 1.29 is 4.42 Å². The monoisotopic (exact) mass is 265 g/mol. The second-order valence-corrected chi connectivity index (χ2v) is 4.67. The summed E-state index contributed by atoms with van der Waals surface area (Å²) in [4.78, 5) is 0. The van der Waals surface area contributed by atoms with Gasteiger partial charge in [0.2, 0.25) is 0 Å². The van der Waals surface area contributed by atoms with Crippen LogP contribution in [-0.4, -0.2) is 6.21 Å². The lowest BCUT2D eigenvalue weighted by atomic mass is 10.0. The highest BCUT2D eigenvalue weighted by molar-refractivity contribution is 5.92. The summed E-state index contributed by atoms with van der Waals surface area (Å²) in [6.07, 6.45) is 9.92. The molecule has 0 spiro atoms. The first-order chi connectivity index (χ1) is 9.71. The van der Waals surface area contributed by atoms with Crippen LogP contribution >= 0.6 is 0 Å². The number of furan rings is 1. The van der Waals surface area contributed by atoms with Gasteiger partial charge in [0.25, 0.3) is 0 Å². The third-order valence-corrected chi connectivity index (χ3v) is 3.26. The summed E-state index contributed by atoms with van der Waals surface area (Å²) in [6, 6.07) is 6.15. The number of nitrogens with one attached hydrogen (secondary N) is 1. The van der Waals surface area contributed by atoms with Crippen LogP contribution in [-0.2, 0) is 6.42 Å². The standard InChI is InChI=1S/C18H19NO/c1-4-7-17-15(5-2)16-9-6-8-14(18(16)20-17)11-10-13(3)12-19/h4-10,12,19H,2,11H2,1,3H3/b7-4-,13-10-,19-12?. The van der Waals surface area contributed by atoms with Gasteiger partial charge in [0.05, 0.1) is 0 Å². The quantitative estimate of drug-likeness (QED) is 0.737. The minimum atomic E-state index is 0.762. The summed E-state index contributed by atoms with van der Waals surface area (Å²) in [6.45, 7) is 7.77. The normalized spacial score (nSPS) is 12.2. The first kappa shape index (κ1) is 14.1. The molecule has 0 atom stereocenters. The van der Waals surface area contributed by atoms with E-state index in [4.69, 9.17) is 9.83 Å². The molecule has 0 fully saturated rings. The zero-order chi connectivity index (χ0) is 14.5. The molecule has 2 heteroatoms. The minimum absolute atomic E-state index is 0.762. The van der Waals surface area contributed by atoms with E-state index in [1.807, 2.05) is 44.2 Å². The molecule has 1 N–H and O–H groups in total. The zero-order valence-electron chi connectivity index (χ0n) is 11.9. The summed E-state index contributed by atoms with van der Waals surface area (Å²) >= 11 is 0. The van der Waals surface area contributed by atoms with Crippen molar-refractivity contribution >= 4 is 29.3 Å². The van der Waals surface area contributed by atoms with E-state index in [1.165, 1.54) is 6.21 Å². The first-order valence-corrected chi connectivity index (χ1v) is 6.68. The van der Waals surface area contributed by atoms with Gasteiger partial charge in [-0.05, 0) is 37.5 Å². The largest absolute Gasteiger partial charge is 0.456 e. The Morgan fingerprint density at radius 3 is 2.85 bits per heavy atom. The van der Waals surface area contributed by atoms with E-state index in [-0.39, 0.29) is 0 Å². The van der Waals surface area contributed by atoms with Crippen molar-refractivity contribution in [1.29, 1.82) is 5.41 Å². The van der Waals surface area contributed by atoms with Gasteiger partial charge in [-0.1, -0.05) is 43.0 Å². The van der Waals surface area contributed by atoms with Gasteiger partial charge in [0.15, 0.2) is 0 Å². The molecule has 0 saturated carbocycles. The molecule has 102 valence electrons. The molecular formula is C18H19NO. The molecule has 1 aromatic carbocycles. The van der Waals surface area contributed by atoms with Crippen LogP contribution in [0, 0.1) is 5.41 Å². The van der Waals surface area contributed by atoms with Crippen LogP contribution in [0.5, 0.6) is 0 Å². The first-order valence-electron chi connectivity index (χ1n) is 6.68. The summed E-state index contributed by atoms with van der Waals surface area (Å²) in [5.74, 6) is 0.845. The smallest absolute Gasteiger partial charge is 0.138 e. The van der Waals surface area contributed by atoms with Crippen molar-refractivity contribution in [2.75, 3.05) is 0 Å². The third-order valence-electron chi connectivity index (χ3n) is 3.26. The fourth-order valence-corrected chi connectivity index (χ4v) is 2.19. The van der Waals surface area contributed by atoms with Gasteiger partial charge in [-0.2, -0.15) is 0 Å². The van der Waals surface area contributed by atoms with E-state index in [2.05, 4.69) is 18.7 Å². The van der Waals surface area contributed by atoms with Crippen LogP contribution < -0.4 is 0 Å². The van der Waals surface area contributed by atoms with Crippen LogP contribution in [0.15, 0.2) is 46.9 Å². The second-order valence-electron chi connectivity index (χ2n) is 4.67. The Labute approximate surface area is 119 Å². The second kappa shape index (κ2) is 6.20. The highest BCUT2D eigenvalue weighted by Gasteiger charge is 2.12. The lowest BCUT2D eigenvalue weighted by Gasteiger charge is -1.99. The molecule has 0 radical (unpaired) electrons. The van der Waals surface area contributed by atoms with Crippen molar-refractivity contribution in [3.05, 3.63) is 59.4 Å². The van der Waals surface area contributed by atoms with E-state index in [0.29, 0.717) is 0 Å². The van der Waals surface area contributed by atoms with Crippen molar-refractivity contribution in [2.24, 2.45) is 0 Å². The van der Waals surface area contributed by atoms with Crippen LogP contribution in [0.3, 0.4) is 0 Å². The number of benzene rings is 1. The third kappa shape index (κ3) is 2.64. The Kier molecular flexibility index (Phi) is 4.36. The Morgan fingerprint density at radius 1 is 1.40 bits per heavy atom. The van der Waals surface area contributed by atoms with E-state index in [9.17, 15) is 0 Å². The number of para-hydroxylation sites is 1. The molecule has 0 aliphatic heterocycles. The Hall–Kier alpha value is -2.35. The summed E-state index contributed by atoms with van der Waals surface area (Å²) in [5, 5.41) is 8.31. The van der Waals surface area contributed by atoms with Crippen molar-refractivity contribution in [1.82, 2.24) is 0 Å². The molecule has 2 nitrogen and oxygen atoms in total. The van der Waals surface area contributed by atoms with E-state index in [1.54, 1.807) is 0 Å². The van der Waals surface area contributed by atoms with Gasteiger partial charge in [-0.25, -0.2) is 0 Å². The maximum Gasteiger partial charge on any atom is 0.138 e. The fraction of sp³-hybridized carbons (Fsp3) is 0.167. The predicted octanol–water partition coefficient (Wildman–Crippen LogP) is 5.25. The van der Waals surface area contributed by atoms with Gasteiger partial charge in [0, 0.05) is 17.2 Å². The van der Waals surface area contributed by atoms with Crippen LogP contribution in [0.2, 0.25) is 0 Å². The molecule has 0 bridgehead atoms. The molecular weight excluding hydrogens is 246 g/mol. The summed E-state index contributed by atoms with van der Waals surface area (Å²) in [5.41, 5.74) is 4.02. The molecule has 0 saturated heterocycles. The Morgan fingerprint density at radius 2 is 2.20 bits per heavy atom. The van der Waals surface area contributed by atoms with Gasteiger partial charge in [0.1, 0.15) is 11.3 Å². The maximum atomic E-state index is 7.22. The van der Waals surface area contributed by atoms with Gasteiger partial charge >= 0.3 is 0 Å². The molecule has 0 unspecified atom stereocenters. The summed E-state index contributed by atoms with van der Waals surface area (Å²) in [7, 11) is 0. The van der Waals surface area contributed by atoms with E-state index in [0.717, 1.165) is 39.9 Å². The lowest BCUT2D eigenvalue weighted by molar-refractivity contribution is 0.600. The Bertz CT molecular complexity index is 702. The van der Waals surface area contributed by atoms with Crippen LogP contribution in [0.4, 0.5) is 0 Å². The molecule has 20 heavy (non-hydrogen) atoms. The molecule has 1 aromatic heterocycles. The van der Waals surface area contributed by atoms with E-state index >= 15 is 0 Å². The summed E-state index contributed by atoms with van der Waals surface area (Å²) < 4.78 is 5.98. The highest BCUT2D eigenvalue weighted by Crippen LogP contribution is 2.30. The van der Waals surface area contributed by atoms with Gasteiger partial charge in [-0.15, -0.1) is 0 Å². The van der Waals surface area contributed by atoms with E-state index < -0.39 is 0 Å². The van der Waals surface area contributed by atoms with Crippen molar-refractivity contribution in [3.63, 3.8) is 0 Å². The maximum absolute atomic E-state index is 7.22. The molecule has 1 heterocycles. The van der Waals surface area contributed by atoms with Crippen LogP contribution in [0.25, 0.3) is 23.1 Å². The van der Waals surface area contributed by atoms with Crippen molar-refractivity contribution in [3.8, 4) is 0 Å². The molecule has 0 aliphatic carbocycles. The molecule has 0 aliphatic rings. The number of rotatable bonds is 5. The lowest BCUT2D eigenvalue weighted by Crippen LogP contribution is -1.84. The minimum Gasteiger partial charge on any atom is -0.456 e. The Balaban J connectivity index is 2.57. The van der Waals surface area contributed by atoms with Gasteiger partial charge < -0.3 is 9.83 Å². The zero-order valence-corrected chi connectivity index (χ0v) is 11.9. The number of hydrogen-bond donors (Lipinski definition) is 1. The molecule has 2 rings (SSSR count). The topological polar surface area (TPSA) is 37.0 Å². The molecule has 0 amide bonds. The predicted molar refractivity (Wildman–Crippen MR) is 87.3 cm³/mol. The number of hydrogen-bond acceptors (Lipinski definition) is 2. The van der Waals surface area contributed by atoms with Gasteiger partial charge in [-0.3, -0.25) is 0 Å².